The van der Waals surface area contributed by atoms with Gasteiger partial charge in [-0.3, -0.25) is 0 Å². The molecule has 0 saturated carbocycles. The van der Waals surface area contributed by atoms with Crippen molar-refractivity contribution >= 4 is 27.2 Å². The van der Waals surface area contributed by atoms with Crippen LogP contribution in [0, 0.1) is 0 Å². The Balaban J connectivity index is 3.76. The molecule has 3 heteroatoms. The van der Waals surface area contributed by atoms with Crippen LogP contribution >= 0.6 is 0 Å². The van der Waals surface area contributed by atoms with E-state index in [0.717, 1.165) is 6.29 Å². The van der Waals surface area contributed by atoms with Gasteiger partial charge in [0, 0.05) is 0 Å². The van der Waals surface area contributed by atoms with E-state index >= 15 is 0 Å². The Hall–Kier alpha value is 0.420. The molecule has 0 saturated heterocycles. The Labute approximate surface area is 66.0 Å². The maximum atomic E-state index is 10.4. The number of carbonyl (C=O) groups excluding carboxylic acids is 1. The Morgan fingerprint density at radius 3 is 2.44 bits per heavy atom. The minimum absolute atomic E-state index is 0.299. The fourth-order valence-electron chi connectivity index (χ4n) is 0.428. The van der Waals surface area contributed by atoms with Crippen LogP contribution in [0.15, 0.2) is 0 Å². The summed E-state index contributed by atoms with van der Waals surface area (Å²) in [5, 5.41) is 0. The van der Waals surface area contributed by atoms with Crippen LogP contribution in [0.3, 0.4) is 0 Å². The van der Waals surface area contributed by atoms with E-state index in [1.54, 1.807) is 0 Å². The van der Waals surface area contributed by atoms with Gasteiger partial charge in [0.25, 0.3) is 0 Å². The molecule has 0 aromatic rings. The summed E-state index contributed by atoms with van der Waals surface area (Å²) < 4.78 is 4.80. The molecule has 1 atom stereocenters. The maximum absolute atomic E-state index is 10.4. The average molecular weight is 244 g/mol. The van der Waals surface area contributed by atoms with Crippen molar-refractivity contribution in [2.24, 2.45) is 0 Å². The van der Waals surface area contributed by atoms with Crippen LogP contribution in [0.4, 0.5) is 0 Å². The molecule has 0 bridgehead atoms. The van der Waals surface area contributed by atoms with Crippen LogP contribution in [0.1, 0.15) is 13.8 Å². The van der Waals surface area contributed by atoms with Gasteiger partial charge in [-0.25, -0.2) is 0 Å². The van der Waals surface area contributed by atoms with Crippen molar-refractivity contribution in [3.05, 3.63) is 0 Å². The first kappa shape index (κ1) is 9.42. The third-order valence-electron chi connectivity index (χ3n) is 1.05. The summed E-state index contributed by atoms with van der Waals surface area (Å²) in [6, 6.07) is 0. The molecule has 0 radical (unpaired) electrons. The molecule has 0 aromatic carbocycles. The van der Waals surface area contributed by atoms with Gasteiger partial charge in [0.1, 0.15) is 0 Å². The summed E-state index contributed by atoms with van der Waals surface area (Å²) in [6.45, 7) is 4.39. The number of rotatable bonds is 4. The fraction of sp³-hybridized carbons (Fsp3) is 0.833. The number of hydrogen-bond acceptors (Lipinski definition) is 2. The van der Waals surface area contributed by atoms with Crippen LogP contribution in [0.25, 0.3) is 0 Å². The topological polar surface area (TPSA) is 26.3 Å². The molecule has 2 nitrogen and oxygen atoms in total. The first-order valence-electron chi connectivity index (χ1n) is 2.84. The zero-order chi connectivity index (χ0) is 7.33. The van der Waals surface area contributed by atoms with E-state index in [0.29, 0.717) is 6.61 Å². The van der Waals surface area contributed by atoms with Gasteiger partial charge in [-0.2, -0.15) is 0 Å². The Morgan fingerprint density at radius 1 is 1.78 bits per heavy atom. The molecule has 54 valence electrons. The summed E-state index contributed by atoms with van der Waals surface area (Å²) in [7, 11) is 0. The summed E-state index contributed by atoms with van der Waals surface area (Å²) >= 11 is -0.299. The van der Waals surface area contributed by atoms with Crippen LogP contribution in [0.5, 0.6) is 0 Å². The monoisotopic (exact) mass is 246 g/mol. The van der Waals surface area contributed by atoms with E-state index in [-0.39, 0.29) is 20.9 Å². The van der Waals surface area contributed by atoms with Gasteiger partial charge in [-0.05, 0) is 0 Å². The van der Waals surface area contributed by atoms with Gasteiger partial charge in [-0.1, -0.05) is 0 Å². The zero-order valence-corrected chi connectivity index (χ0v) is 8.34. The van der Waals surface area contributed by atoms with Crippen molar-refractivity contribution in [1.82, 2.24) is 0 Å². The van der Waals surface area contributed by atoms with E-state index in [4.69, 9.17) is 4.74 Å². The molecule has 0 rings (SSSR count). The second kappa shape index (κ2) is 4.27. The summed E-state index contributed by atoms with van der Waals surface area (Å²) in [5.41, 5.74) is 0. The van der Waals surface area contributed by atoms with E-state index in [9.17, 15) is 4.79 Å². The minimum atomic E-state index is -0.417. The molecule has 0 N–H and O–H groups in total. The van der Waals surface area contributed by atoms with Crippen molar-refractivity contribution < 1.29 is 9.53 Å². The third-order valence-corrected chi connectivity index (χ3v) is 3.97. The molecule has 0 aliphatic carbocycles. The van der Waals surface area contributed by atoms with E-state index in [2.05, 4.69) is 4.97 Å². The molecule has 0 aliphatic heterocycles. The molecule has 0 aromatic heterocycles. The van der Waals surface area contributed by atoms with E-state index in [1.165, 1.54) is 0 Å². The van der Waals surface area contributed by atoms with Gasteiger partial charge in [0.05, 0.1) is 0 Å². The van der Waals surface area contributed by atoms with Crippen molar-refractivity contribution in [1.29, 1.82) is 0 Å². The predicted octanol–water partition coefficient (Wildman–Crippen LogP) is 0.690. The van der Waals surface area contributed by atoms with Crippen molar-refractivity contribution in [3.8, 4) is 0 Å². The summed E-state index contributed by atoms with van der Waals surface area (Å²) in [6.07, 6.45) is 0.915. The van der Waals surface area contributed by atoms with Crippen LogP contribution < -0.4 is 0 Å². The molecule has 0 aliphatic rings. The van der Waals surface area contributed by atoms with Gasteiger partial charge in [-0.15, -0.1) is 0 Å². The molecule has 0 amide bonds. The second-order valence-electron chi connectivity index (χ2n) is 1.77. The molecule has 9 heavy (non-hydrogen) atoms. The van der Waals surface area contributed by atoms with Crippen molar-refractivity contribution in [2.45, 2.75) is 22.5 Å². The molecule has 1 unspecified atom stereocenters. The summed E-state index contributed by atoms with van der Waals surface area (Å²) in [4.78, 5) is 12.4. The molecule has 0 spiro atoms. The predicted molar refractivity (Wildman–Crippen MR) is 37.7 cm³/mol. The fourth-order valence-corrected chi connectivity index (χ4v) is 1.38. The first-order valence-corrected chi connectivity index (χ1v) is 6.33. The van der Waals surface area contributed by atoms with Gasteiger partial charge in [0.15, 0.2) is 0 Å². The molecule has 0 fully saturated rings. The second-order valence-corrected chi connectivity index (χ2v) is 5.25. The van der Waals surface area contributed by atoms with Crippen molar-refractivity contribution in [3.63, 3.8) is 0 Å². The van der Waals surface area contributed by atoms with Crippen molar-refractivity contribution in [2.75, 3.05) is 6.61 Å². The Kier molecular flexibility index (Phi) is 4.47. The number of ether oxygens (including phenoxy) is 1. The molecular weight excluding hydrogens is 232 g/mol. The number of carbonyl (C=O) groups is 1. The average Bonchev–Trinajstić information content (AvgIpc) is 1.89. The first-order chi connectivity index (χ1) is 4.18. The number of aldehydes is 1. The summed E-state index contributed by atoms with van der Waals surface area (Å²) in [5.74, 6) is 0. The zero-order valence-electron chi connectivity index (χ0n) is 6.01. The normalized spacial score (nSPS) is 16.8. The van der Waals surface area contributed by atoms with E-state index < -0.39 is 3.65 Å². The Morgan fingerprint density at radius 2 is 2.33 bits per heavy atom. The molecule has 0 heterocycles. The van der Waals surface area contributed by atoms with Crippen LogP contribution in [-0.4, -0.2) is 37.5 Å². The Bertz CT molecular complexity index is 95.1. The van der Waals surface area contributed by atoms with E-state index in [1.807, 2.05) is 13.8 Å². The quantitative estimate of drug-likeness (QED) is 0.537. The third kappa shape index (κ3) is 3.20. The standard InChI is InChI=1S/C6H12O2Te/c1-4-8-6(2,5-7)9-3/h5H,4H2,1-3H3. The van der Waals surface area contributed by atoms with Gasteiger partial charge >= 0.3 is 65.8 Å². The number of hydrogen-bond donors (Lipinski definition) is 0. The van der Waals surface area contributed by atoms with Gasteiger partial charge in [0.2, 0.25) is 0 Å². The van der Waals surface area contributed by atoms with Gasteiger partial charge < -0.3 is 0 Å². The van der Waals surface area contributed by atoms with Crippen LogP contribution in [-0.2, 0) is 9.53 Å². The van der Waals surface area contributed by atoms with Crippen LogP contribution in [0.2, 0.25) is 4.97 Å². The molecular formula is C6H12O2Te. The SMILES string of the molecule is CCOC(C)(C=O)[Te]C.